The maximum Gasteiger partial charge on any atom is 0.273 e. The van der Waals surface area contributed by atoms with E-state index < -0.39 is 0 Å². The zero-order chi connectivity index (χ0) is 21.3. The SMILES string of the molecule is C[C@@H]1CN(C(=O)/C=C/[C@H](C)N2CCC2)Cc2ncc(C(=O)Nc3ccccc3Cl)n21. The van der Waals surface area contributed by atoms with Crippen LogP contribution in [0.4, 0.5) is 5.69 Å². The van der Waals surface area contributed by atoms with Gasteiger partial charge in [0.05, 0.1) is 29.5 Å². The molecule has 0 radical (unpaired) electrons. The molecular formula is C22H26ClN5O2. The van der Waals surface area contributed by atoms with Crippen molar-refractivity contribution in [1.82, 2.24) is 19.4 Å². The lowest BCUT2D eigenvalue weighted by molar-refractivity contribution is -0.128. The van der Waals surface area contributed by atoms with Gasteiger partial charge in [-0.05, 0) is 45.5 Å². The van der Waals surface area contributed by atoms with Gasteiger partial charge >= 0.3 is 0 Å². The molecule has 0 unspecified atom stereocenters. The van der Waals surface area contributed by atoms with Crippen LogP contribution in [0.15, 0.2) is 42.6 Å². The van der Waals surface area contributed by atoms with Crippen LogP contribution >= 0.6 is 11.6 Å². The highest BCUT2D eigenvalue weighted by Crippen LogP contribution is 2.25. The van der Waals surface area contributed by atoms with Crippen LogP contribution < -0.4 is 5.32 Å². The largest absolute Gasteiger partial charge is 0.330 e. The Bertz CT molecular complexity index is 982. The van der Waals surface area contributed by atoms with E-state index in [2.05, 4.69) is 22.1 Å². The number of para-hydroxylation sites is 1. The van der Waals surface area contributed by atoms with E-state index in [9.17, 15) is 9.59 Å². The molecular weight excluding hydrogens is 402 g/mol. The Morgan fingerprint density at radius 3 is 2.77 bits per heavy atom. The number of hydrogen-bond acceptors (Lipinski definition) is 4. The van der Waals surface area contributed by atoms with E-state index in [0.717, 1.165) is 13.1 Å². The Hall–Kier alpha value is -2.64. The lowest BCUT2D eigenvalue weighted by Gasteiger charge is -2.35. The molecule has 0 bridgehead atoms. The van der Waals surface area contributed by atoms with Gasteiger partial charge in [-0.15, -0.1) is 0 Å². The average Bonchev–Trinajstić information content (AvgIpc) is 3.11. The van der Waals surface area contributed by atoms with Gasteiger partial charge in [-0.25, -0.2) is 4.98 Å². The Morgan fingerprint density at radius 2 is 2.07 bits per heavy atom. The summed E-state index contributed by atoms with van der Waals surface area (Å²) < 4.78 is 1.91. The highest BCUT2D eigenvalue weighted by Gasteiger charge is 2.29. The minimum atomic E-state index is -0.267. The minimum Gasteiger partial charge on any atom is -0.330 e. The lowest BCUT2D eigenvalue weighted by Crippen LogP contribution is -2.43. The van der Waals surface area contributed by atoms with E-state index in [1.807, 2.05) is 29.7 Å². The standard InChI is InChI=1S/C22H26ClN5O2/c1-15(26-10-5-11-26)8-9-21(29)27-13-16(2)28-19(12-24-20(28)14-27)22(30)25-18-7-4-3-6-17(18)23/h3-4,6-9,12,15-16H,5,10-11,13-14H2,1-2H3,(H,25,30)/b9-8+/t15-,16+/m0/s1. The maximum absolute atomic E-state index is 12.8. The van der Waals surface area contributed by atoms with Gasteiger partial charge < -0.3 is 14.8 Å². The van der Waals surface area contributed by atoms with Crippen molar-refractivity contribution in [3.05, 3.63) is 59.2 Å². The molecule has 158 valence electrons. The fourth-order valence-electron chi connectivity index (χ4n) is 3.93. The number of likely N-dealkylation sites (tertiary alicyclic amines) is 1. The zero-order valence-corrected chi connectivity index (χ0v) is 18.0. The number of nitrogens with zero attached hydrogens (tertiary/aromatic N) is 4. The zero-order valence-electron chi connectivity index (χ0n) is 17.2. The number of hydrogen-bond donors (Lipinski definition) is 1. The van der Waals surface area contributed by atoms with Gasteiger partial charge in [0.1, 0.15) is 11.5 Å². The fraction of sp³-hybridized carbons (Fsp3) is 0.409. The number of amides is 2. The molecule has 30 heavy (non-hydrogen) atoms. The Balaban J connectivity index is 1.45. The number of rotatable bonds is 5. The molecule has 0 saturated carbocycles. The Labute approximate surface area is 181 Å². The van der Waals surface area contributed by atoms with Gasteiger partial charge in [-0.2, -0.15) is 0 Å². The number of carbonyl (C=O) groups is 2. The number of benzene rings is 1. The molecule has 8 heteroatoms. The molecule has 0 aliphatic carbocycles. The molecule has 2 amide bonds. The molecule has 2 aromatic rings. The van der Waals surface area contributed by atoms with Gasteiger partial charge in [-0.1, -0.05) is 29.8 Å². The smallest absolute Gasteiger partial charge is 0.273 e. The molecule has 1 aromatic heterocycles. The van der Waals surface area contributed by atoms with Crippen molar-refractivity contribution in [1.29, 1.82) is 0 Å². The van der Waals surface area contributed by atoms with Crippen LogP contribution in [0.3, 0.4) is 0 Å². The van der Waals surface area contributed by atoms with Crippen LogP contribution in [0.5, 0.6) is 0 Å². The molecule has 1 N–H and O–H groups in total. The Morgan fingerprint density at radius 1 is 1.30 bits per heavy atom. The summed E-state index contributed by atoms with van der Waals surface area (Å²) >= 11 is 6.15. The number of aromatic nitrogens is 2. The first kappa shape index (κ1) is 20.6. The van der Waals surface area contributed by atoms with E-state index in [0.29, 0.717) is 35.3 Å². The van der Waals surface area contributed by atoms with Crippen molar-refractivity contribution in [2.75, 3.05) is 25.0 Å². The van der Waals surface area contributed by atoms with Gasteiger partial charge in [0.15, 0.2) is 0 Å². The van der Waals surface area contributed by atoms with Gasteiger partial charge in [0.2, 0.25) is 5.91 Å². The summed E-state index contributed by atoms with van der Waals surface area (Å²) in [5.74, 6) is 0.415. The molecule has 1 saturated heterocycles. The summed E-state index contributed by atoms with van der Waals surface area (Å²) in [5.41, 5.74) is 1.02. The van der Waals surface area contributed by atoms with Crippen LogP contribution in [0.1, 0.15) is 42.6 Å². The van der Waals surface area contributed by atoms with E-state index in [-0.39, 0.29) is 23.9 Å². The summed E-state index contributed by atoms with van der Waals surface area (Å²) in [4.78, 5) is 34.0. The first-order valence-corrected chi connectivity index (χ1v) is 10.6. The molecule has 2 aliphatic heterocycles. The first-order chi connectivity index (χ1) is 14.4. The van der Waals surface area contributed by atoms with E-state index in [1.165, 1.54) is 6.42 Å². The van der Waals surface area contributed by atoms with E-state index in [1.54, 1.807) is 29.3 Å². The molecule has 4 rings (SSSR count). The van der Waals surface area contributed by atoms with Crippen molar-refractivity contribution >= 4 is 29.1 Å². The number of carbonyl (C=O) groups excluding carboxylic acids is 2. The number of fused-ring (bicyclic) bond motifs is 1. The lowest BCUT2D eigenvalue weighted by atomic mass is 10.1. The van der Waals surface area contributed by atoms with Crippen molar-refractivity contribution < 1.29 is 9.59 Å². The monoisotopic (exact) mass is 427 g/mol. The minimum absolute atomic E-state index is 0.0226. The summed E-state index contributed by atoms with van der Waals surface area (Å²) in [7, 11) is 0. The summed E-state index contributed by atoms with van der Waals surface area (Å²) in [6, 6.07) is 7.32. The molecule has 7 nitrogen and oxygen atoms in total. The first-order valence-electron chi connectivity index (χ1n) is 10.3. The number of anilines is 1. The Kier molecular flexibility index (Phi) is 5.92. The van der Waals surface area contributed by atoms with Crippen LogP contribution in [-0.2, 0) is 11.3 Å². The van der Waals surface area contributed by atoms with Crippen molar-refractivity contribution in [2.45, 2.75) is 38.9 Å². The van der Waals surface area contributed by atoms with Crippen LogP contribution in [0.2, 0.25) is 5.02 Å². The second kappa shape index (κ2) is 8.62. The molecule has 3 heterocycles. The number of halogens is 1. The van der Waals surface area contributed by atoms with Gasteiger partial charge in [0.25, 0.3) is 5.91 Å². The second-order valence-electron chi connectivity index (χ2n) is 7.92. The number of imidazole rings is 1. The second-order valence-corrected chi connectivity index (χ2v) is 8.33. The third-order valence-corrected chi connectivity index (χ3v) is 6.11. The van der Waals surface area contributed by atoms with Crippen LogP contribution in [0.25, 0.3) is 0 Å². The van der Waals surface area contributed by atoms with E-state index in [4.69, 9.17) is 11.6 Å². The predicted octanol–water partition coefficient (Wildman–Crippen LogP) is 3.34. The van der Waals surface area contributed by atoms with E-state index >= 15 is 0 Å². The van der Waals surface area contributed by atoms with Crippen LogP contribution in [-0.4, -0.2) is 56.8 Å². The molecule has 0 spiro atoms. The highest BCUT2D eigenvalue weighted by molar-refractivity contribution is 6.33. The number of nitrogens with one attached hydrogen (secondary N) is 1. The van der Waals surface area contributed by atoms with Crippen molar-refractivity contribution in [3.8, 4) is 0 Å². The molecule has 1 aromatic carbocycles. The quantitative estimate of drug-likeness (QED) is 0.743. The highest BCUT2D eigenvalue weighted by atomic mass is 35.5. The topological polar surface area (TPSA) is 70.5 Å². The van der Waals surface area contributed by atoms with Crippen molar-refractivity contribution in [2.24, 2.45) is 0 Å². The summed E-state index contributed by atoms with van der Waals surface area (Å²) in [6.07, 6.45) is 6.42. The fourth-order valence-corrected chi connectivity index (χ4v) is 4.11. The predicted molar refractivity (Wildman–Crippen MR) is 117 cm³/mol. The third kappa shape index (κ3) is 4.13. The molecule has 2 aliphatic rings. The normalized spacial score (nSPS) is 20.0. The third-order valence-electron chi connectivity index (χ3n) is 5.78. The maximum atomic E-state index is 12.8. The summed E-state index contributed by atoms with van der Waals surface area (Å²) in [5, 5.41) is 3.32. The van der Waals surface area contributed by atoms with Gasteiger partial charge in [0, 0.05) is 18.7 Å². The van der Waals surface area contributed by atoms with Crippen molar-refractivity contribution in [3.63, 3.8) is 0 Å². The molecule has 2 atom stereocenters. The van der Waals surface area contributed by atoms with Crippen LogP contribution in [0, 0.1) is 0 Å². The summed E-state index contributed by atoms with van der Waals surface area (Å²) in [6.45, 7) is 7.19. The molecule has 1 fully saturated rings. The van der Waals surface area contributed by atoms with Gasteiger partial charge in [-0.3, -0.25) is 14.5 Å². The average molecular weight is 428 g/mol.